The Labute approximate surface area is 119 Å². The molecule has 1 amide bonds. The molecule has 0 fully saturated rings. The van der Waals surface area contributed by atoms with E-state index in [1.54, 1.807) is 18.2 Å². The second kappa shape index (κ2) is 5.73. The van der Waals surface area contributed by atoms with E-state index in [1.807, 2.05) is 0 Å². The van der Waals surface area contributed by atoms with Crippen molar-refractivity contribution in [3.8, 4) is 11.5 Å². The Morgan fingerprint density at radius 2 is 2.25 bits per heavy atom. The van der Waals surface area contributed by atoms with Crippen LogP contribution in [-0.4, -0.2) is 33.8 Å². The molecule has 0 saturated carbocycles. The van der Waals surface area contributed by atoms with E-state index in [0.29, 0.717) is 16.5 Å². The highest BCUT2D eigenvalue weighted by atomic mass is 35.5. The van der Waals surface area contributed by atoms with Gasteiger partial charge in [0.2, 0.25) is 0 Å². The van der Waals surface area contributed by atoms with Gasteiger partial charge in [-0.2, -0.15) is 8.42 Å². The first-order valence-corrected chi connectivity index (χ1v) is 7.32. The molecule has 1 aliphatic rings. The fourth-order valence-corrected chi connectivity index (χ4v) is 1.94. The summed E-state index contributed by atoms with van der Waals surface area (Å²) in [7, 11) is -4.14. The lowest BCUT2D eigenvalue weighted by Gasteiger charge is -2.26. The number of hydrogen-bond donors (Lipinski definition) is 2. The monoisotopic (exact) mass is 322 g/mol. The zero-order valence-electron chi connectivity index (χ0n) is 10.0. The molecule has 0 spiro atoms. The van der Waals surface area contributed by atoms with Crippen molar-refractivity contribution in [3.05, 3.63) is 23.2 Å². The average Bonchev–Trinajstić information content (AvgIpc) is 2.34. The summed E-state index contributed by atoms with van der Waals surface area (Å²) in [4.78, 5) is 11.1. The van der Waals surface area contributed by atoms with Crippen LogP contribution < -0.4 is 19.3 Å². The van der Waals surface area contributed by atoms with Crippen molar-refractivity contribution in [2.45, 2.75) is 6.10 Å². The van der Waals surface area contributed by atoms with Gasteiger partial charge in [0.1, 0.15) is 13.2 Å². The van der Waals surface area contributed by atoms with E-state index in [-0.39, 0.29) is 13.2 Å². The Balaban J connectivity index is 1.88. The number of benzene rings is 1. The van der Waals surface area contributed by atoms with Crippen LogP contribution in [0.4, 0.5) is 4.79 Å². The Morgan fingerprint density at radius 3 is 2.95 bits per heavy atom. The highest BCUT2D eigenvalue weighted by Gasteiger charge is 2.23. The van der Waals surface area contributed by atoms with Gasteiger partial charge >= 0.3 is 16.3 Å². The van der Waals surface area contributed by atoms with Gasteiger partial charge in [0.15, 0.2) is 17.6 Å². The quantitative estimate of drug-likeness (QED) is 0.832. The minimum Gasteiger partial charge on any atom is -0.486 e. The molecule has 3 N–H and O–H groups in total. The molecule has 0 saturated heterocycles. The molecule has 1 heterocycles. The SMILES string of the molecule is NS(=O)(=O)NC(=O)OCC1COc2cc(Cl)ccc2O1. The molecule has 0 aliphatic carbocycles. The zero-order valence-corrected chi connectivity index (χ0v) is 11.6. The molecule has 20 heavy (non-hydrogen) atoms. The maximum Gasteiger partial charge on any atom is 0.422 e. The molecule has 0 radical (unpaired) electrons. The van der Waals surface area contributed by atoms with Gasteiger partial charge in [0, 0.05) is 11.1 Å². The molecular formula is C10H11ClN2O6S. The maximum atomic E-state index is 11.1. The van der Waals surface area contributed by atoms with E-state index in [9.17, 15) is 13.2 Å². The third-order valence-corrected chi connectivity index (χ3v) is 2.94. The van der Waals surface area contributed by atoms with Crippen LogP contribution in [0.25, 0.3) is 0 Å². The fourth-order valence-electron chi connectivity index (χ4n) is 1.48. The van der Waals surface area contributed by atoms with Gasteiger partial charge in [-0.15, -0.1) is 0 Å². The number of amides is 1. The number of halogens is 1. The Kier molecular flexibility index (Phi) is 4.21. The largest absolute Gasteiger partial charge is 0.486 e. The number of nitrogens with two attached hydrogens (primary N) is 1. The fraction of sp³-hybridized carbons (Fsp3) is 0.300. The summed E-state index contributed by atoms with van der Waals surface area (Å²) < 4.78 is 38.2. The summed E-state index contributed by atoms with van der Waals surface area (Å²) in [6.45, 7) is -0.0561. The van der Waals surface area contributed by atoms with Gasteiger partial charge < -0.3 is 14.2 Å². The normalized spacial score (nSPS) is 17.4. The molecule has 8 nitrogen and oxygen atoms in total. The lowest BCUT2D eigenvalue weighted by atomic mass is 10.2. The molecule has 1 aromatic rings. The maximum absolute atomic E-state index is 11.1. The van der Waals surface area contributed by atoms with Gasteiger partial charge in [-0.1, -0.05) is 11.6 Å². The molecule has 1 atom stereocenters. The highest BCUT2D eigenvalue weighted by Crippen LogP contribution is 2.33. The van der Waals surface area contributed by atoms with Gasteiger partial charge in [0.05, 0.1) is 0 Å². The molecule has 2 rings (SSSR count). The standard InChI is InChI=1S/C10H11ClN2O6S/c11-6-1-2-8-9(3-6)17-4-7(19-8)5-18-10(14)13-20(12,15)16/h1-3,7H,4-5H2,(H,13,14)(H2,12,15,16). The molecule has 0 bridgehead atoms. The van der Waals surface area contributed by atoms with Crippen molar-refractivity contribution < 1.29 is 27.4 Å². The summed E-state index contributed by atoms with van der Waals surface area (Å²) in [6.07, 6.45) is -1.74. The van der Waals surface area contributed by atoms with Crippen LogP contribution in [0.1, 0.15) is 0 Å². The molecular weight excluding hydrogens is 312 g/mol. The third-order valence-electron chi connectivity index (χ3n) is 2.25. The van der Waals surface area contributed by atoms with Crippen LogP contribution in [0.2, 0.25) is 5.02 Å². The lowest BCUT2D eigenvalue weighted by Crippen LogP contribution is -2.40. The molecule has 110 valence electrons. The number of fused-ring (bicyclic) bond motifs is 1. The van der Waals surface area contributed by atoms with Crippen LogP contribution >= 0.6 is 11.6 Å². The van der Waals surface area contributed by atoms with Crippen molar-refractivity contribution >= 4 is 27.9 Å². The van der Waals surface area contributed by atoms with E-state index < -0.39 is 22.4 Å². The van der Waals surface area contributed by atoms with Gasteiger partial charge in [-0.05, 0) is 12.1 Å². The molecule has 1 aromatic carbocycles. The van der Waals surface area contributed by atoms with E-state index in [0.717, 1.165) is 0 Å². The van der Waals surface area contributed by atoms with Gasteiger partial charge in [0.25, 0.3) is 0 Å². The van der Waals surface area contributed by atoms with Gasteiger partial charge in [-0.25, -0.2) is 14.7 Å². The van der Waals surface area contributed by atoms with Crippen molar-refractivity contribution in [2.24, 2.45) is 5.14 Å². The number of ether oxygens (including phenoxy) is 3. The smallest absolute Gasteiger partial charge is 0.422 e. The van der Waals surface area contributed by atoms with Crippen LogP contribution in [0.5, 0.6) is 11.5 Å². The average molecular weight is 323 g/mol. The Morgan fingerprint density at radius 1 is 1.50 bits per heavy atom. The van der Waals surface area contributed by atoms with E-state index in [2.05, 4.69) is 9.88 Å². The predicted molar refractivity (Wildman–Crippen MR) is 69.0 cm³/mol. The molecule has 1 aliphatic heterocycles. The van der Waals surface area contributed by atoms with Crippen molar-refractivity contribution in [1.29, 1.82) is 0 Å². The first-order valence-electron chi connectivity index (χ1n) is 5.40. The van der Waals surface area contributed by atoms with E-state index in [4.69, 9.17) is 21.1 Å². The second-order valence-corrected chi connectivity index (χ2v) is 5.62. The van der Waals surface area contributed by atoms with E-state index >= 15 is 0 Å². The predicted octanol–water partition coefficient (Wildman–Crippen LogP) is 0.410. The molecule has 0 aromatic heterocycles. The van der Waals surface area contributed by atoms with Gasteiger partial charge in [-0.3, -0.25) is 0 Å². The number of rotatable bonds is 3. The topological polar surface area (TPSA) is 117 Å². The van der Waals surface area contributed by atoms with Crippen LogP contribution in [-0.2, 0) is 14.9 Å². The highest BCUT2D eigenvalue weighted by molar-refractivity contribution is 7.87. The lowest BCUT2D eigenvalue weighted by molar-refractivity contribution is 0.0350. The van der Waals surface area contributed by atoms with Crippen molar-refractivity contribution in [1.82, 2.24) is 4.72 Å². The number of nitrogens with one attached hydrogen (secondary N) is 1. The molecule has 10 heteroatoms. The van der Waals surface area contributed by atoms with E-state index in [1.165, 1.54) is 4.72 Å². The summed E-state index contributed by atoms with van der Waals surface area (Å²) in [5, 5.41) is 5.12. The zero-order chi connectivity index (χ0) is 14.8. The van der Waals surface area contributed by atoms with Crippen LogP contribution in [0, 0.1) is 0 Å². The summed E-state index contributed by atoms with van der Waals surface area (Å²) in [5.41, 5.74) is 0. The summed E-state index contributed by atoms with van der Waals surface area (Å²) in [6, 6.07) is 4.84. The Hall–Kier alpha value is -1.71. The number of hydrogen-bond acceptors (Lipinski definition) is 6. The minimum atomic E-state index is -4.14. The Bertz CT molecular complexity index is 620. The summed E-state index contributed by atoms with van der Waals surface area (Å²) >= 11 is 5.80. The van der Waals surface area contributed by atoms with Crippen LogP contribution in [0.3, 0.4) is 0 Å². The first kappa shape index (κ1) is 14.7. The summed E-state index contributed by atoms with van der Waals surface area (Å²) in [5.74, 6) is 0.948. The minimum absolute atomic E-state index is 0.135. The second-order valence-electron chi connectivity index (χ2n) is 3.89. The number of carbonyl (C=O) groups is 1. The van der Waals surface area contributed by atoms with Crippen molar-refractivity contribution in [3.63, 3.8) is 0 Å². The molecule has 1 unspecified atom stereocenters. The van der Waals surface area contributed by atoms with Crippen LogP contribution in [0.15, 0.2) is 18.2 Å². The third kappa shape index (κ3) is 4.15. The first-order chi connectivity index (χ1) is 9.33. The van der Waals surface area contributed by atoms with Crippen molar-refractivity contribution in [2.75, 3.05) is 13.2 Å². The number of carbonyl (C=O) groups excluding carboxylic acids is 1.